The number of nitrogens with one attached hydrogen (secondary N) is 2. The van der Waals surface area contributed by atoms with Gasteiger partial charge in [0.2, 0.25) is 0 Å². The Morgan fingerprint density at radius 1 is 1.26 bits per heavy atom. The number of amides is 1. The van der Waals surface area contributed by atoms with Crippen molar-refractivity contribution in [1.82, 2.24) is 15.5 Å². The fourth-order valence-electron chi connectivity index (χ4n) is 2.84. The largest absolute Gasteiger partial charge is 0.494 e. The molecule has 4 rings (SSSR count). The predicted molar refractivity (Wildman–Crippen MR) is 88.8 cm³/mol. The summed E-state index contributed by atoms with van der Waals surface area (Å²) in [4.78, 5) is 13.3. The van der Waals surface area contributed by atoms with Crippen LogP contribution in [-0.4, -0.2) is 22.7 Å². The van der Waals surface area contributed by atoms with Crippen LogP contribution in [0.1, 0.15) is 33.9 Å². The third-order valence-corrected chi connectivity index (χ3v) is 4.80. The van der Waals surface area contributed by atoms with Crippen LogP contribution in [0.4, 0.5) is 0 Å². The van der Waals surface area contributed by atoms with Crippen molar-refractivity contribution < 1.29 is 9.53 Å². The van der Waals surface area contributed by atoms with Crippen molar-refractivity contribution >= 4 is 17.2 Å². The van der Waals surface area contributed by atoms with Crippen LogP contribution in [0.3, 0.4) is 0 Å². The molecular weight excluding hydrogens is 310 g/mol. The van der Waals surface area contributed by atoms with Gasteiger partial charge in [-0.05, 0) is 42.6 Å². The summed E-state index contributed by atoms with van der Waals surface area (Å²) in [6.07, 6.45) is 0. The zero-order chi connectivity index (χ0) is 15.8. The van der Waals surface area contributed by atoms with Gasteiger partial charge in [-0.2, -0.15) is 5.10 Å². The molecule has 0 aliphatic carbocycles. The van der Waals surface area contributed by atoms with E-state index in [2.05, 4.69) is 15.5 Å². The Hall–Kier alpha value is -2.60. The first-order chi connectivity index (χ1) is 11.3. The number of H-pyrrole nitrogens is 1. The fourth-order valence-corrected chi connectivity index (χ4v) is 3.63. The average Bonchev–Trinajstić information content (AvgIpc) is 3.27. The lowest BCUT2D eigenvalue weighted by atomic mass is 10.0. The van der Waals surface area contributed by atoms with Gasteiger partial charge < -0.3 is 10.1 Å². The van der Waals surface area contributed by atoms with Crippen molar-refractivity contribution in [3.8, 4) is 17.0 Å². The molecule has 0 fully saturated rings. The topological polar surface area (TPSA) is 67.0 Å². The number of nitrogens with zero attached hydrogens (tertiary/aromatic N) is 1. The highest BCUT2D eigenvalue weighted by molar-refractivity contribution is 7.10. The van der Waals surface area contributed by atoms with Gasteiger partial charge in [-0.3, -0.25) is 9.89 Å². The lowest BCUT2D eigenvalue weighted by Crippen LogP contribution is -2.20. The highest BCUT2D eigenvalue weighted by Crippen LogP contribution is 2.38. The van der Waals surface area contributed by atoms with Crippen LogP contribution in [0.5, 0.6) is 5.75 Å². The number of hydrogen-bond donors (Lipinski definition) is 2. The zero-order valence-electron chi connectivity index (χ0n) is 12.5. The normalized spacial score (nSPS) is 16.2. The minimum Gasteiger partial charge on any atom is -0.494 e. The number of aromatic nitrogens is 2. The van der Waals surface area contributed by atoms with Gasteiger partial charge in [0, 0.05) is 16.0 Å². The van der Waals surface area contributed by atoms with Crippen LogP contribution in [0.25, 0.3) is 11.3 Å². The van der Waals surface area contributed by atoms with Crippen molar-refractivity contribution in [2.75, 3.05) is 6.61 Å². The third-order valence-electron chi connectivity index (χ3n) is 3.86. The standard InChI is InChI=1S/C17H15N3O2S/c1-2-22-11-7-5-10(6-8-11)14-13-15(12-4-3-9-23-12)18-17(21)16(13)20-19-14/h3-9,15H,2H2,1H3,(H,18,21)(H,19,20)/t15-/m0/s1. The van der Waals surface area contributed by atoms with Gasteiger partial charge in [0.05, 0.1) is 18.3 Å². The monoisotopic (exact) mass is 325 g/mol. The SMILES string of the molecule is CCOc1ccc(-c2n[nH]c3c2[C@H](c2cccs2)NC3=O)cc1. The molecule has 0 saturated carbocycles. The van der Waals surface area contributed by atoms with Gasteiger partial charge in [0.25, 0.3) is 5.91 Å². The lowest BCUT2D eigenvalue weighted by molar-refractivity contribution is 0.0956. The van der Waals surface area contributed by atoms with E-state index < -0.39 is 0 Å². The molecule has 0 radical (unpaired) electrons. The zero-order valence-corrected chi connectivity index (χ0v) is 13.3. The average molecular weight is 325 g/mol. The van der Waals surface area contributed by atoms with Gasteiger partial charge in [0.1, 0.15) is 11.4 Å². The van der Waals surface area contributed by atoms with Gasteiger partial charge >= 0.3 is 0 Å². The van der Waals surface area contributed by atoms with Crippen molar-refractivity contribution in [3.63, 3.8) is 0 Å². The molecule has 1 atom stereocenters. The van der Waals surface area contributed by atoms with Crippen LogP contribution in [0.15, 0.2) is 41.8 Å². The number of carbonyl (C=O) groups is 1. The second-order valence-electron chi connectivity index (χ2n) is 5.24. The second kappa shape index (κ2) is 5.55. The molecule has 3 heterocycles. The summed E-state index contributed by atoms with van der Waals surface area (Å²) in [5.41, 5.74) is 3.23. The quantitative estimate of drug-likeness (QED) is 0.773. The Kier molecular flexibility index (Phi) is 3.38. The maximum absolute atomic E-state index is 12.2. The Morgan fingerprint density at radius 3 is 2.78 bits per heavy atom. The molecular formula is C17H15N3O2S. The molecule has 23 heavy (non-hydrogen) atoms. The van der Waals surface area contributed by atoms with E-state index in [-0.39, 0.29) is 11.9 Å². The molecule has 5 nitrogen and oxygen atoms in total. The van der Waals surface area contributed by atoms with Crippen molar-refractivity contribution in [2.45, 2.75) is 13.0 Å². The molecule has 1 aromatic carbocycles. The van der Waals surface area contributed by atoms with Crippen molar-refractivity contribution in [2.24, 2.45) is 0 Å². The van der Waals surface area contributed by atoms with Gasteiger partial charge in [-0.25, -0.2) is 0 Å². The van der Waals surface area contributed by atoms with Crippen molar-refractivity contribution in [1.29, 1.82) is 0 Å². The van der Waals surface area contributed by atoms with E-state index in [1.807, 2.05) is 48.7 Å². The molecule has 0 bridgehead atoms. The molecule has 1 aliphatic rings. The summed E-state index contributed by atoms with van der Waals surface area (Å²) < 4.78 is 5.47. The summed E-state index contributed by atoms with van der Waals surface area (Å²) in [6.45, 7) is 2.59. The van der Waals surface area contributed by atoms with E-state index in [0.717, 1.165) is 27.4 Å². The van der Waals surface area contributed by atoms with E-state index in [1.54, 1.807) is 11.3 Å². The molecule has 1 amide bonds. The Morgan fingerprint density at radius 2 is 2.09 bits per heavy atom. The first kappa shape index (κ1) is 14.0. The second-order valence-corrected chi connectivity index (χ2v) is 6.22. The Balaban J connectivity index is 1.77. The Bertz CT molecular complexity index is 837. The number of aromatic amines is 1. The molecule has 3 aromatic rings. The molecule has 116 valence electrons. The minimum absolute atomic E-state index is 0.108. The van der Waals surface area contributed by atoms with Crippen LogP contribution in [0.2, 0.25) is 0 Å². The van der Waals surface area contributed by atoms with E-state index in [4.69, 9.17) is 4.74 Å². The smallest absolute Gasteiger partial charge is 0.270 e. The highest BCUT2D eigenvalue weighted by Gasteiger charge is 2.35. The summed E-state index contributed by atoms with van der Waals surface area (Å²) in [7, 11) is 0. The van der Waals surface area contributed by atoms with Crippen molar-refractivity contribution in [3.05, 3.63) is 57.9 Å². The van der Waals surface area contributed by atoms with Gasteiger partial charge in [-0.1, -0.05) is 6.07 Å². The number of benzene rings is 1. The first-order valence-electron chi connectivity index (χ1n) is 7.43. The number of thiophene rings is 1. The molecule has 0 unspecified atom stereocenters. The highest BCUT2D eigenvalue weighted by atomic mass is 32.1. The number of hydrogen-bond acceptors (Lipinski definition) is 4. The molecule has 1 aliphatic heterocycles. The summed E-state index contributed by atoms with van der Waals surface area (Å²) >= 11 is 1.63. The molecule has 2 aromatic heterocycles. The lowest BCUT2D eigenvalue weighted by Gasteiger charge is -2.11. The van der Waals surface area contributed by atoms with Gasteiger partial charge in [0.15, 0.2) is 0 Å². The van der Waals surface area contributed by atoms with Crippen LogP contribution < -0.4 is 10.1 Å². The molecule has 2 N–H and O–H groups in total. The van der Waals surface area contributed by atoms with E-state index >= 15 is 0 Å². The van der Waals surface area contributed by atoms with Crippen LogP contribution >= 0.6 is 11.3 Å². The molecule has 0 saturated heterocycles. The van der Waals surface area contributed by atoms with E-state index in [9.17, 15) is 4.79 Å². The molecule has 6 heteroatoms. The summed E-state index contributed by atoms with van der Waals surface area (Å²) in [5, 5.41) is 12.3. The summed E-state index contributed by atoms with van der Waals surface area (Å²) in [5.74, 6) is 0.718. The van der Waals surface area contributed by atoms with E-state index in [0.29, 0.717) is 12.3 Å². The van der Waals surface area contributed by atoms with Crippen LogP contribution in [0, 0.1) is 0 Å². The number of ether oxygens (including phenoxy) is 1. The Labute approximate surface area is 137 Å². The summed E-state index contributed by atoms with van der Waals surface area (Å²) in [6, 6.07) is 11.7. The maximum Gasteiger partial charge on any atom is 0.270 e. The molecule has 0 spiro atoms. The van der Waals surface area contributed by atoms with E-state index in [1.165, 1.54) is 0 Å². The van der Waals surface area contributed by atoms with Crippen LogP contribution in [-0.2, 0) is 0 Å². The van der Waals surface area contributed by atoms with Gasteiger partial charge in [-0.15, -0.1) is 11.3 Å². The fraction of sp³-hybridized carbons (Fsp3) is 0.176. The minimum atomic E-state index is -0.141. The number of fused-ring (bicyclic) bond motifs is 1. The first-order valence-corrected chi connectivity index (χ1v) is 8.31. The maximum atomic E-state index is 12.2. The predicted octanol–water partition coefficient (Wildman–Crippen LogP) is 3.37. The number of rotatable bonds is 4. The third kappa shape index (κ3) is 2.31. The number of carbonyl (C=O) groups excluding carboxylic acids is 1.